The number of nitrogens with zero attached hydrogens (tertiary/aromatic N) is 3. The van der Waals surface area contributed by atoms with E-state index < -0.39 is 0 Å². The molecule has 0 aliphatic carbocycles. The fraction of sp³-hybridized carbons (Fsp3) is 0.500. The Morgan fingerprint density at radius 2 is 1.97 bits per heavy atom. The first kappa shape index (κ1) is 24.6. The third-order valence-electron chi connectivity index (χ3n) is 6.15. The Labute approximate surface area is 207 Å². The second kappa shape index (κ2) is 11.2. The van der Waals surface area contributed by atoms with E-state index in [9.17, 15) is 0 Å². The number of para-hydroxylation sites is 1. The van der Waals surface area contributed by atoms with Gasteiger partial charge in [-0.15, -0.1) is 24.0 Å². The van der Waals surface area contributed by atoms with Crippen molar-refractivity contribution in [1.29, 1.82) is 0 Å². The molecule has 3 heterocycles. The van der Waals surface area contributed by atoms with Crippen LogP contribution in [0.3, 0.4) is 0 Å². The lowest BCUT2D eigenvalue weighted by atomic mass is 9.97. The van der Waals surface area contributed by atoms with Crippen LogP contribution in [0.15, 0.2) is 44.2 Å². The van der Waals surface area contributed by atoms with Crippen LogP contribution in [-0.4, -0.2) is 42.5 Å². The molecule has 0 saturated carbocycles. The maximum absolute atomic E-state index is 5.98. The molecule has 8 heteroatoms. The summed E-state index contributed by atoms with van der Waals surface area (Å²) in [5.74, 6) is 4.10. The van der Waals surface area contributed by atoms with Crippen LogP contribution in [0.4, 0.5) is 0 Å². The number of aryl methyl sites for hydroxylation is 2. The van der Waals surface area contributed by atoms with Crippen LogP contribution >= 0.6 is 24.0 Å². The van der Waals surface area contributed by atoms with E-state index in [0.717, 1.165) is 79.1 Å². The van der Waals surface area contributed by atoms with Gasteiger partial charge in [-0.25, -0.2) is 4.98 Å². The number of hydrogen-bond donors (Lipinski definition) is 2. The molecule has 32 heavy (non-hydrogen) atoms. The number of piperidine rings is 1. The maximum atomic E-state index is 5.98. The van der Waals surface area contributed by atoms with Gasteiger partial charge in [-0.3, -0.25) is 9.89 Å². The minimum Gasteiger partial charge on any atom is -0.459 e. The van der Waals surface area contributed by atoms with E-state index >= 15 is 0 Å². The van der Waals surface area contributed by atoms with Gasteiger partial charge in [0.1, 0.15) is 17.1 Å². The van der Waals surface area contributed by atoms with E-state index in [-0.39, 0.29) is 30.0 Å². The topological polar surface area (TPSA) is 78.8 Å². The van der Waals surface area contributed by atoms with E-state index in [1.807, 2.05) is 39.1 Å². The van der Waals surface area contributed by atoms with Crippen molar-refractivity contribution < 1.29 is 8.83 Å². The predicted octanol–water partition coefficient (Wildman–Crippen LogP) is 4.79. The van der Waals surface area contributed by atoms with Crippen LogP contribution in [0, 0.1) is 19.8 Å². The molecule has 1 aliphatic rings. The van der Waals surface area contributed by atoms with Gasteiger partial charge in [0, 0.05) is 19.0 Å². The Balaban J connectivity index is 0.00000289. The van der Waals surface area contributed by atoms with Gasteiger partial charge in [0.2, 0.25) is 5.89 Å². The van der Waals surface area contributed by atoms with E-state index in [1.54, 1.807) is 0 Å². The van der Waals surface area contributed by atoms with Crippen molar-refractivity contribution in [2.45, 2.75) is 46.2 Å². The fourth-order valence-corrected chi connectivity index (χ4v) is 4.07. The summed E-state index contributed by atoms with van der Waals surface area (Å²) < 4.78 is 11.7. The van der Waals surface area contributed by atoms with Crippen molar-refractivity contribution >= 4 is 40.9 Å². The highest BCUT2D eigenvalue weighted by molar-refractivity contribution is 14.0. The highest BCUT2D eigenvalue weighted by atomic mass is 127. The van der Waals surface area contributed by atoms with Crippen molar-refractivity contribution in [3.63, 3.8) is 0 Å². The number of benzene rings is 1. The normalized spacial score (nSPS) is 16.7. The van der Waals surface area contributed by atoms with E-state index in [2.05, 4.69) is 44.6 Å². The molecule has 0 spiro atoms. The van der Waals surface area contributed by atoms with E-state index in [1.165, 1.54) is 0 Å². The van der Waals surface area contributed by atoms with Crippen molar-refractivity contribution in [2.75, 3.05) is 26.7 Å². The molecule has 1 aromatic carbocycles. The number of likely N-dealkylation sites (tertiary alicyclic amines) is 1. The van der Waals surface area contributed by atoms with Crippen molar-refractivity contribution in [1.82, 2.24) is 20.5 Å². The number of oxazole rings is 1. The van der Waals surface area contributed by atoms with Gasteiger partial charge in [0.05, 0.1) is 18.3 Å². The molecule has 0 bridgehead atoms. The molecule has 0 amide bonds. The lowest BCUT2D eigenvalue weighted by molar-refractivity contribution is 0.164. The second-order valence-corrected chi connectivity index (χ2v) is 8.47. The van der Waals surface area contributed by atoms with Gasteiger partial charge in [0.25, 0.3) is 0 Å². The Morgan fingerprint density at radius 3 is 2.62 bits per heavy atom. The van der Waals surface area contributed by atoms with Gasteiger partial charge >= 0.3 is 0 Å². The SMILES string of the molecule is CN=C(NCC1CCN(Cc2nc(C)c(C)o2)CC1)NC(C)c1cc2ccccc2o1.I. The monoisotopic (exact) mass is 551 g/mol. The number of aromatic nitrogens is 1. The number of hydrogen-bond acceptors (Lipinski definition) is 5. The zero-order valence-corrected chi connectivity index (χ0v) is 21.7. The average molecular weight is 551 g/mol. The molecule has 0 radical (unpaired) electrons. The van der Waals surface area contributed by atoms with Crippen LogP contribution in [0.25, 0.3) is 11.0 Å². The number of aliphatic imine (C=N–C) groups is 1. The first-order valence-corrected chi connectivity index (χ1v) is 11.1. The Bertz CT molecular complexity index is 984. The summed E-state index contributed by atoms with van der Waals surface area (Å²) in [6.45, 7) is 9.90. The molecule has 1 fully saturated rings. The highest BCUT2D eigenvalue weighted by Gasteiger charge is 2.21. The molecule has 7 nitrogen and oxygen atoms in total. The zero-order valence-electron chi connectivity index (χ0n) is 19.4. The van der Waals surface area contributed by atoms with Crippen LogP contribution in [0.1, 0.15) is 48.9 Å². The number of nitrogens with one attached hydrogen (secondary N) is 2. The smallest absolute Gasteiger partial charge is 0.208 e. The molecular formula is C24H34IN5O2. The number of fused-ring (bicyclic) bond motifs is 1. The molecule has 1 saturated heterocycles. The summed E-state index contributed by atoms with van der Waals surface area (Å²) in [6, 6.07) is 10.2. The standard InChI is InChI=1S/C24H33N5O2.HI/c1-16-18(3)30-23(27-16)15-29-11-9-19(10-12-29)14-26-24(25-4)28-17(2)22-13-20-7-5-6-8-21(20)31-22;/h5-8,13,17,19H,9-12,14-15H2,1-4H3,(H2,25,26,28);1H. The third kappa shape index (κ3) is 6.04. The Kier molecular flexibility index (Phi) is 8.58. The molecule has 3 aromatic rings. The Hall–Kier alpha value is -2.07. The number of rotatable bonds is 6. The van der Waals surface area contributed by atoms with Crippen molar-refractivity contribution in [3.05, 3.63) is 53.4 Å². The molecule has 2 N–H and O–H groups in total. The van der Waals surface area contributed by atoms with Gasteiger partial charge in [-0.05, 0) is 64.8 Å². The quantitative estimate of drug-likeness (QED) is 0.261. The number of guanidine groups is 1. The maximum Gasteiger partial charge on any atom is 0.208 e. The summed E-state index contributed by atoms with van der Waals surface area (Å²) in [4.78, 5) is 11.3. The molecule has 174 valence electrons. The molecule has 2 aromatic heterocycles. The average Bonchev–Trinajstić information content (AvgIpc) is 3.34. The fourth-order valence-electron chi connectivity index (χ4n) is 4.07. The van der Waals surface area contributed by atoms with Crippen LogP contribution in [-0.2, 0) is 6.54 Å². The van der Waals surface area contributed by atoms with Gasteiger partial charge in [-0.1, -0.05) is 18.2 Å². The summed E-state index contributed by atoms with van der Waals surface area (Å²) in [5.41, 5.74) is 1.90. The van der Waals surface area contributed by atoms with E-state index in [4.69, 9.17) is 8.83 Å². The van der Waals surface area contributed by atoms with Crippen molar-refractivity contribution in [3.8, 4) is 0 Å². The first-order valence-electron chi connectivity index (χ1n) is 11.1. The minimum atomic E-state index is 0. The minimum absolute atomic E-state index is 0. The van der Waals surface area contributed by atoms with Gasteiger partial charge < -0.3 is 19.5 Å². The summed E-state index contributed by atoms with van der Waals surface area (Å²) in [7, 11) is 1.81. The van der Waals surface area contributed by atoms with Crippen LogP contribution in [0.2, 0.25) is 0 Å². The van der Waals surface area contributed by atoms with Crippen LogP contribution in [0.5, 0.6) is 0 Å². The van der Waals surface area contributed by atoms with Gasteiger partial charge in [-0.2, -0.15) is 0 Å². The Morgan fingerprint density at radius 1 is 1.22 bits per heavy atom. The molecule has 1 atom stereocenters. The second-order valence-electron chi connectivity index (χ2n) is 8.47. The summed E-state index contributed by atoms with van der Waals surface area (Å²) in [5, 5.41) is 8.06. The predicted molar refractivity (Wildman–Crippen MR) is 139 cm³/mol. The molecule has 4 rings (SSSR count). The molecule has 1 unspecified atom stereocenters. The summed E-state index contributed by atoms with van der Waals surface area (Å²) in [6.07, 6.45) is 2.31. The van der Waals surface area contributed by atoms with E-state index in [0.29, 0.717) is 5.92 Å². The molecule has 1 aliphatic heterocycles. The highest BCUT2D eigenvalue weighted by Crippen LogP contribution is 2.23. The number of halogens is 1. The van der Waals surface area contributed by atoms with Gasteiger partial charge in [0.15, 0.2) is 5.96 Å². The lowest BCUT2D eigenvalue weighted by Gasteiger charge is -2.31. The largest absolute Gasteiger partial charge is 0.459 e. The number of furan rings is 1. The zero-order chi connectivity index (χ0) is 21.8. The molecular weight excluding hydrogens is 517 g/mol. The summed E-state index contributed by atoms with van der Waals surface area (Å²) >= 11 is 0. The lowest BCUT2D eigenvalue weighted by Crippen LogP contribution is -2.43. The van der Waals surface area contributed by atoms with Crippen molar-refractivity contribution in [2.24, 2.45) is 10.9 Å². The van der Waals surface area contributed by atoms with Crippen LogP contribution < -0.4 is 10.6 Å². The first-order chi connectivity index (χ1) is 15.0. The third-order valence-corrected chi connectivity index (χ3v) is 6.15.